The Morgan fingerprint density at radius 2 is 2.10 bits per heavy atom. The van der Waals surface area contributed by atoms with E-state index in [4.69, 9.17) is 4.74 Å². The zero-order chi connectivity index (χ0) is 14.2. The van der Waals surface area contributed by atoms with Gasteiger partial charge in [-0.3, -0.25) is 4.79 Å². The average Bonchev–Trinajstić information content (AvgIpc) is 2.88. The third kappa shape index (κ3) is 5.26. The van der Waals surface area contributed by atoms with E-state index in [0.717, 1.165) is 38.1 Å². The van der Waals surface area contributed by atoms with Crippen molar-refractivity contribution in [1.29, 1.82) is 0 Å². The fourth-order valence-corrected chi connectivity index (χ4v) is 4.26. The van der Waals surface area contributed by atoms with Crippen LogP contribution in [0.5, 0.6) is 0 Å². The molecule has 0 bridgehead atoms. The number of carbonyl (C=O) groups excluding carboxylic acids is 1. The number of rotatable bonds is 7. The highest BCUT2D eigenvalue weighted by molar-refractivity contribution is 7.99. The lowest BCUT2D eigenvalue weighted by atomic mass is 10.1. The Morgan fingerprint density at radius 3 is 2.85 bits per heavy atom. The fourth-order valence-electron chi connectivity index (χ4n) is 3.06. The van der Waals surface area contributed by atoms with Gasteiger partial charge in [0, 0.05) is 17.7 Å². The molecule has 2 unspecified atom stereocenters. The molecule has 4 nitrogen and oxygen atoms in total. The van der Waals surface area contributed by atoms with Crippen molar-refractivity contribution in [3.8, 4) is 0 Å². The number of amides is 1. The molecule has 1 aliphatic heterocycles. The summed E-state index contributed by atoms with van der Waals surface area (Å²) in [6.07, 6.45) is 6.61. The Labute approximate surface area is 126 Å². The van der Waals surface area contributed by atoms with Gasteiger partial charge in [-0.05, 0) is 44.5 Å². The molecule has 20 heavy (non-hydrogen) atoms. The Kier molecular flexibility index (Phi) is 7.17. The summed E-state index contributed by atoms with van der Waals surface area (Å²) >= 11 is 1.98. The standard InChI is InChI=1S/C15H28N2O2S/c1-2-20-14-5-3-4-13(14)17-15(18)8-11-19-12-6-9-16-10-7-12/h12-14,16H,2-11H2,1H3,(H,17,18). The van der Waals surface area contributed by atoms with Gasteiger partial charge >= 0.3 is 0 Å². The highest BCUT2D eigenvalue weighted by atomic mass is 32.2. The van der Waals surface area contributed by atoms with Crippen molar-refractivity contribution in [1.82, 2.24) is 10.6 Å². The van der Waals surface area contributed by atoms with Gasteiger partial charge in [0.25, 0.3) is 0 Å². The summed E-state index contributed by atoms with van der Waals surface area (Å²) in [4.78, 5) is 12.0. The minimum absolute atomic E-state index is 0.160. The number of hydrogen-bond donors (Lipinski definition) is 2. The number of hydrogen-bond acceptors (Lipinski definition) is 4. The molecule has 2 atom stereocenters. The molecule has 2 rings (SSSR count). The van der Waals surface area contributed by atoms with Crippen molar-refractivity contribution in [2.24, 2.45) is 0 Å². The number of carbonyl (C=O) groups is 1. The van der Waals surface area contributed by atoms with Gasteiger partial charge in [-0.15, -0.1) is 0 Å². The van der Waals surface area contributed by atoms with Gasteiger partial charge in [0.1, 0.15) is 0 Å². The third-order valence-electron chi connectivity index (χ3n) is 4.15. The first-order valence-electron chi connectivity index (χ1n) is 8.03. The summed E-state index contributed by atoms with van der Waals surface area (Å²) in [7, 11) is 0. The predicted octanol–water partition coefficient (Wildman–Crippen LogP) is 1.94. The minimum atomic E-state index is 0.160. The van der Waals surface area contributed by atoms with Gasteiger partial charge in [-0.2, -0.15) is 11.8 Å². The van der Waals surface area contributed by atoms with E-state index in [2.05, 4.69) is 17.6 Å². The molecule has 2 N–H and O–H groups in total. The second-order valence-corrected chi connectivity index (χ2v) is 7.19. The molecule has 0 spiro atoms. The molecular weight excluding hydrogens is 272 g/mol. The molecule has 116 valence electrons. The number of piperidine rings is 1. The van der Waals surface area contributed by atoms with Gasteiger partial charge in [0.05, 0.1) is 12.7 Å². The molecule has 1 amide bonds. The molecule has 1 saturated heterocycles. The molecule has 0 radical (unpaired) electrons. The van der Waals surface area contributed by atoms with Crippen LogP contribution in [0.3, 0.4) is 0 Å². The van der Waals surface area contributed by atoms with Gasteiger partial charge in [0.15, 0.2) is 0 Å². The smallest absolute Gasteiger partial charge is 0.222 e. The van der Waals surface area contributed by atoms with E-state index in [0.29, 0.717) is 30.4 Å². The van der Waals surface area contributed by atoms with Crippen LogP contribution in [0.15, 0.2) is 0 Å². The summed E-state index contributed by atoms with van der Waals surface area (Å²) in [6.45, 7) is 4.83. The lowest BCUT2D eigenvalue weighted by molar-refractivity contribution is -0.123. The largest absolute Gasteiger partial charge is 0.378 e. The molecule has 0 aromatic rings. The topological polar surface area (TPSA) is 50.4 Å². The second-order valence-electron chi connectivity index (χ2n) is 5.67. The van der Waals surface area contributed by atoms with Crippen LogP contribution in [0.1, 0.15) is 45.4 Å². The van der Waals surface area contributed by atoms with Crippen LogP contribution >= 0.6 is 11.8 Å². The Hall–Kier alpha value is -0.260. The first-order chi connectivity index (χ1) is 9.79. The zero-order valence-corrected chi connectivity index (χ0v) is 13.3. The SMILES string of the molecule is CCSC1CCCC1NC(=O)CCOC1CCNCC1. The molecule has 5 heteroatoms. The van der Waals surface area contributed by atoms with E-state index in [1.807, 2.05) is 11.8 Å². The number of ether oxygens (including phenoxy) is 1. The summed E-state index contributed by atoms with van der Waals surface area (Å²) < 4.78 is 5.79. The van der Waals surface area contributed by atoms with E-state index < -0.39 is 0 Å². The maximum atomic E-state index is 12.0. The van der Waals surface area contributed by atoms with Gasteiger partial charge in [-0.1, -0.05) is 13.3 Å². The van der Waals surface area contributed by atoms with Crippen molar-refractivity contribution >= 4 is 17.7 Å². The molecule has 0 aromatic heterocycles. The van der Waals surface area contributed by atoms with Crippen LogP contribution in [0.4, 0.5) is 0 Å². The van der Waals surface area contributed by atoms with Crippen molar-refractivity contribution in [3.05, 3.63) is 0 Å². The molecule has 1 saturated carbocycles. The Balaban J connectivity index is 1.59. The number of nitrogens with one attached hydrogen (secondary N) is 2. The summed E-state index contributed by atoms with van der Waals surface area (Å²) in [5.41, 5.74) is 0. The van der Waals surface area contributed by atoms with E-state index >= 15 is 0 Å². The van der Waals surface area contributed by atoms with Crippen LogP contribution in [0.2, 0.25) is 0 Å². The highest BCUT2D eigenvalue weighted by Gasteiger charge is 2.28. The minimum Gasteiger partial charge on any atom is -0.378 e. The summed E-state index contributed by atoms with van der Waals surface area (Å²) in [5, 5.41) is 7.14. The van der Waals surface area contributed by atoms with E-state index in [1.165, 1.54) is 12.8 Å². The fraction of sp³-hybridized carbons (Fsp3) is 0.933. The van der Waals surface area contributed by atoms with Crippen LogP contribution in [-0.4, -0.2) is 48.8 Å². The van der Waals surface area contributed by atoms with Crippen molar-refractivity contribution in [2.45, 2.75) is 62.8 Å². The Morgan fingerprint density at radius 1 is 1.30 bits per heavy atom. The predicted molar refractivity (Wildman–Crippen MR) is 84.2 cm³/mol. The van der Waals surface area contributed by atoms with E-state index in [1.54, 1.807) is 0 Å². The molecule has 1 aliphatic carbocycles. The monoisotopic (exact) mass is 300 g/mol. The quantitative estimate of drug-likeness (QED) is 0.754. The maximum absolute atomic E-state index is 12.0. The van der Waals surface area contributed by atoms with E-state index in [9.17, 15) is 4.79 Å². The average molecular weight is 300 g/mol. The lowest BCUT2D eigenvalue weighted by Crippen LogP contribution is -2.39. The highest BCUT2D eigenvalue weighted by Crippen LogP contribution is 2.29. The van der Waals surface area contributed by atoms with Crippen molar-refractivity contribution in [3.63, 3.8) is 0 Å². The van der Waals surface area contributed by atoms with Crippen LogP contribution < -0.4 is 10.6 Å². The lowest BCUT2D eigenvalue weighted by Gasteiger charge is -2.23. The Bertz CT molecular complexity index is 296. The molecule has 2 fully saturated rings. The van der Waals surface area contributed by atoms with E-state index in [-0.39, 0.29) is 5.91 Å². The van der Waals surface area contributed by atoms with Gasteiger partial charge < -0.3 is 15.4 Å². The third-order valence-corrected chi connectivity index (χ3v) is 5.47. The summed E-state index contributed by atoms with van der Waals surface area (Å²) in [5.74, 6) is 1.29. The first kappa shape index (κ1) is 16.1. The first-order valence-corrected chi connectivity index (χ1v) is 9.07. The molecular formula is C15H28N2O2S. The maximum Gasteiger partial charge on any atom is 0.222 e. The van der Waals surface area contributed by atoms with Crippen molar-refractivity contribution in [2.75, 3.05) is 25.4 Å². The number of thioether (sulfide) groups is 1. The van der Waals surface area contributed by atoms with Crippen LogP contribution in [0, 0.1) is 0 Å². The van der Waals surface area contributed by atoms with Crippen molar-refractivity contribution < 1.29 is 9.53 Å². The van der Waals surface area contributed by atoms with Crippen LogP contribution in [0.25, 0.3) is 0 Å². The van der Waals surface area contributed by atoms with Gasteiger partial charge in [0.2, 0.25) is 5.91 Å². The molecule has 2 aliphatic rings. The molecule has 0 aromatic carbocycles. The second kappa shape index (κ2) is 8.90. The zero-order valence-electron chi connectivity index (χ0n) is 12.5. The normalized spacial score (nSPS) is 27.6. The van der Waals surface area contributed by atoms with Gasteiger partial charge in [-0.25, -0.2) is 0 Å². The summed E-state index contributed by atoms with van der Waals surface area (Å²) in [6, 6.07) is 0.381. The van der Waals surface area contributed by atoms with Crippen LogP contribution in [-0.2, 0) is 9.53 Å². The molecule has 1 heterocycles.